The lowest BCUT2D eigenvalue weighted by Crippen LogP contribution is -2.39. The van der Waals surface area contributed by atoms with E-state index in [1.165, 1.54) is 0 Å². The predicted molar refractivity (Wildman–Crippen MR) is 88.7 cm³/mol. The maximum atomic E-state index is 10.8. The molecule has 1 fully saturated rings. The van der Waals surface area contributed by atoms with Gasteiger partial charge in [-0.15, -0.1) is 0 Å². The molecule has 7 heteroatoms. The summed E-state index contributed by atoms with van der Waals surface area (Å²) in [5.41, 5.74) is 6.14. The van der Waals surface area contributed by atoms with Crippen molar-refractivity contribution in [1.29, 1.82) is 0 Å². The van der Waals surface area contributed by atoms with Crippen molar-refractivity contribution in [3.8, 4) is 5.75 Å². The van der Waals surface area contributed by atoms with Gasteiger partial charge < -0.3 is 20.1 Å². The van der Waals surface area contributed by atoms with Crippen LogP contribution in [0.5, 0.6) is 5.75 Å². The first-order valence-corrected chi connectivity index (χ1v) is 7.90. The third kappa shape index (κ3) is 4.34. The summed E-state index contributed by atoms with van der Waals surface area (Å²) in [4.78, 5) is 21.5. The van der Waals surface area contributed by atoms with Gasteiger partial charge in [0, 0.05) is 25.9 Å². The zero-order valence-corrected chi connectivity index (χ0v) is 13.3. The molecule has 0 aliphatic carbocycles. The molecule has 0 bridgehead atoms. The van der Waals surface area contributed by atoms with Gasteiger partial charge in [-0.1, -0.05) is 30.3 Å². The van der Waals surface area contributed by atoms with E-state index in [-0.39, 0.29) is 6.10 Å². The minimum atomic E-state index is -0.718. The zero-order valence-electron chi connectivity index (χ0n) is 13.3. The molecule has 0 saturated carbocycles. The summed E-state index contributed by atoms with van der Waals surface area (Å²) in [7, 11) is 0. The molecule has 2 heterocycles. The largest absolute Gasteiger partial charge is 0.486 e. The van der Waals surface area contributed by atoms with Gasteiger partial charge in [0.2, 0.25) is 5.95 Å². The van der Waals surface area contributed by atoms with Crippen LogP contribution in [0, 0.1) is 0 Å². The summed E-state index contributed by atoms with van der Waals surface area (Å²) in [6, 6.07) is 9.94. The average Bonchev–Trinajstić information content (AvgIpc) is 2.62. The fourth-order valence-electron chi connectivity index (χ4n) is 2.63. The van der Waals surface area contributed by atoms with E-state index in [0.717, 1.165) is 31.5 Å². The van der Waals surface area contributed by atoms with Gasteiger partial charge in [0.1, 0.15) is 12.7 Å². The number of carbonyl (C=O) groups is 1. The van der Waals surface area contributed by atoms with Crippen molar-refractivity contribution >= 4 is 12.0 Å². The van der Waals surface area contributed by atoms with Crippen LogP contribution in [0.15, 0.2) is 42.7 Å². The van der Waals surface area contributed by atoms with Gasteiger partial charge in [-0.25, -0.2) is 14.8 Å². The first-order chi connectivity index (χ1) is 11.7. The van der Waals surface area contributed by atoms with Crippen molar-refractivity contribution in [3.05, 3.63) is 48.3 Å². The monoisotopic (exact) mass is 328 g/mol. The summed E-state index contributed by atoms with van der Waals surface area (Å²) < 4.78 is 10.7. The molecule has 24 heavy (non-hydrogen) atoms. The SMILES string of the molecule is NC(=O)OC1CCN(c2ncc(OCc3ccccc3)cn2)CC1. The normalized spacial score (nSPS) is 15.1. The first-order valence-electron chi connectivity index (χ1n) is 7.90. The molecule has 2 aromatic rings. The molecule has 126 valence electrons. The Balaban J connectivity index is 1.51. The maximum absolute atomic E-state index is 10.8. The highest BCUT2D eigenvalue weighted by atomic mass is 16.6. The van der Waals surface area contributed by atoms with Crippen molar-refractivity contribution in [2.45, 2.75) is 25.6 Å². The van der Waals surface area contributed by atoms with Crippen LogP contribution < -0.4 is 15.4 Å². The molecule has 1 aliphatic rings. The molecule has 7 nitrogen and oxygen atoms in total. The van der Waals surface area contributed by atoms with Crippen LogP contribution in [0.25, 0.3) is 0 Å². The molecule has 1 aromatic heterocycles. The molecule has 1 aromatic carbocycles. The zero-order chi connectivity index (χ0) is 16.8. The van der Waals surface area contributed by atoms with Crippen LogP contribution in [0.1, 0.15) is 18.4 Å². The lowest BCUT2D eigenvalue weighted by molar-refractivity contribution is 0.0910. The molecule has 0 atom stereocenters. The summed E-state index contributed by atoms with van der Waals surface area (Å²) in [5, 5.41) is 0. The maximum Gasteiger partial charge on any atom is 0.404 e. The molecule has 0 unspecified atom stereocenters. The Morgan fingerprint density at radius 2 is 1.83 bits per heavy atom. The first kappa shape index (κ1) is 16.0. The number of carbonyl (C=O) groups excluding carboxylic acids is 1. The number of nitrogens with zero attached hydrogens (tertiary/aromatic N) is 3. The van der Waals surface area contributed by atoms with Crippen molar-refractivity contribution in [1.82, 2.24) is 9.97 Å². The Labute approximate surface area is 140 Å². The molecule has 1 saturated heterocycles. The van der Waals surface area contributed by atoms with Crippen LogP contribution in [0.2, 0.25) is 0 Å². The summed E-state index contributed by atoms with van der Waals surface area (Å²) in [5.74, 6) is 1.29. The molecular formula is C17H20N4O3. The number of hydrogen-bond donors (Lipinski definition) is 1. The Kier molecular flexibility index (Phi) is 5.10. The third-order valence-electron chi connectivity index (χ3n) is 3.87. The van der Waals surface area contributed by atoms with Gasteiger partial charge in [-0.05, 0) is 5.56 Å². The van der Waals surface area contributed by atoms with Crippen molar-refractivity contribution < 1.29 is 14.3 Å². The second-order valence-electron chi connectivity index (χ2n) is 5.62. The van der Waals surface area contributed by atoms with Crippen LogP contribution in [0.4, 0.5) is 10.7 Å². The molecule has 0 radical (unpaired) electrons. The number of rotatable bonds is 5. The van der Waals surface area contributed by atoms with Crippen LogP contribution in [-0.4, -0.2) is 35.3 Å². The third-order valence-corrected chi connectivity index (χ3v) is 3.87. The van der Waals surface area contributed by atoms with Crippen molar-refractivity contribution in [2.24, 2.45) is 5.73 Å². The molecule has 3 rings (SSSR count). The van der Waals surface area contributed by atoms with Crippen LogP contribution >= 0.6 is 0 Å². The Morgan fingerprint density at radius 1 is 1.17 bits per heavy atom. The van der Waals surface area contributed by atoms with E-state index in [9.17, 15) is 4.79 Å². The number of hydrogen-bond acceptors (Lipinski definition) is 6. The number of primary amides is 1. The van der Waals surface area contributed by atoms with Gasteiger partial charge in [0.25, 0.3) is 0 Å². The summed E-state index contributed by atoms with van der Waals surface area (Å²) in [6.45, 7) is 1.93. The molecule has 1 amide bonds. The number of benzene rings is 1. The van der Waals surface area contributed by atoms with E-state index in [4.69, 9.17) is 15.2 Å². The van der Waals surface area contributed by atoms with E-state index >= 15 is 0 Å². The molecule has 1 aliphatic heterocycles. The van der Waals surface area contributed by atoms with Crippen molar-refractivity contribution in [2.75, 3.05) is 18.0 Å². The van der Waals surface area contributed by atoms with Crippen LogP contribution in [-0.2, 0) is 11.3 Å². The number of ether oxygens (including phenoxy) is 2. The molecular weight excluding hydrogens is 308 g/mol. The highest BCUT2D eigenvalue weighted by Gasteiger charge is 2.23. The fraction of sp³-hybridized carbons (Fsp3) is 0.353. The van der Waals surface area contributed by atoms with Crippen LogP contribution in [0.3, 0.4) is 0 Å². The lowest BCUT2D eigenvalue weighted by Gasteiger charge is -2.31. The van der Waals surface area contributed by atoms with E-state index in [0.29, 0.717) is 18.3 Å². The average molecular weight is 328 g/mol. The summed E-state index contributed by atoms with van der Waals surface area (Å²) in [6.07, 6.45) is 3.96. The highest BCUT2D eigenvalue weighted by Crippen LogP contribution is 2.19. The standard InChI is InChI=1S/C17H20N4O3/c18-16(22)24-14-6-8-21(9-7-14)17-19-10-15(11-20-17)23-12-13-4-2-1-3-5-13/h1-5,10-11,14H,6-9,12H2,(H2,18,22). The second kappa shape index (κ2) is 7.63. The van der Waals surface area contributed by atoms with E-state index in [1.54, 1.807) is 12.4 Å². The minimum absolute atomic E-state index is 0.118. The number of nitrogens with two attached hydrogens (primary N) is 1. The van der Waals surface area contributed by atoms with Gasteiger partial charge in [0.05, 0.1) is 12.4 Å². The van der Waals surface area contributed by atoms with Crippen molar-refractivity contribution in [3.63, 3.8) is 0 Å². The molecule has 2 N–H and O–H groups in total. The van der Waals surface area contributed by atoms with Gasteiger partial charge >= 0.3 is 6.09 Å². The van der Waals surface area contributed by atoms with Gasteiger partial charge in [-0.2, -0.15) is 0 Å². The summed E-state index contributed by atoms with van der Waals surface area (Å²) >= 11 is 0. The smallest absolute Gasteiger partial charge is 0.404 e. The fourth-order valence-corrected chi connectivity index (χ4v) is 2.63. The second-order valence-corrected chi connectivity index (χ2v) is 5.62. The number of anilines is 1. The topological polar surface area (TPSA) is 90.6 Å². The van der Waals surface area contributed by atoms with Gasteiger partial charge in [-0.3, -0.25) is 0 Å². The Hall–Kier alpha value is -2.83. The number of piperidine rings is 1. The number of amides is 1. The van der Waals surface area contributed by atoms with E-state index < -0.39 is 6.09 Å². The van der Waals surface area contributed by atoms with E-state index in [1.807, 2.05) is 30.3 Å². The molecule has 0 spiro atoms. The quantitative estimate of drug-likeness (QED) is 0.904. The Morgan fingerprint density at radius 3 is 2.46 bits per heavy atom. The minimum Gasteiger partial charge on any atom is -0.486 e. The van der Waals surface area contributed by atoms with Gasteiger partial charge in [0.15, 0.2) is 5.75 Å². The number of aromatic nitrogens is 2. The predicted octanol–water partition coefficient (Wildman–Crippen LogP) is 2.12. The van der Waals surface area contributed by atoms with E-state index in [2.05, 4.69) is 14.9 Å². The Bertz CT molecular complexity index is 655. The highest BCUT2D eigenvalue weighted by molar-refractivity contribution is 5.64. The lowest BCUT2D eigenvalue weighted by atomic mass is 10.1.